The van der Waals surface area contributed by atoms with Crippen LogP contribution in [0.15, 0.2) is 30.3 Å². The van der Waals surface area contributed by atoms with Gasteiger partial charge < -0.3 is 9.80 Å². The Bertz CT molecular complexity index is 696. The number of carbonyl (C=O) groups excluding carboxylic acids is 1. The van der Waals surface area contributed by atoms with Crippen LogP contribution in [-0.4, -0.2) is 37.0 Å². The van der Waals surface area contributed by atoms with Crippen molar-refractivity contribution in [1.82, 2.24) is 4.90 Å². The number of amides is 1. The summed E-state index contributed by atoms with van der Waals surface area (Å²) in [6, 6.07) is 9.38. The van der Waals surface area contributed by atoms with Gasteiger partial charge in [0.15, 0.2) is 0 Å². The second-order valence-electron chi connectivity index (χ2n) is 4.97. The first-order valence-electron chi connectivity index (χ1n) is 6.80. The van der Waals surface area contributed by atoms with Crippen molar-refractivity contribution in [2.45, 2.75) is 0 Å². The normalized spacial score (nSPS) is 15.2. The molecule has 7 heteroatoms. The molecule has 0 spiro atoms. The van der Waals surface area contributed by atoms with Crippen LogP contribution in [0.25, 0.3) is 0 Å². The molecular formula is C15H13Cl3N2OS. The molecule has 1 aromatic carbocycles. The number of carbonyl (C=O) groups is 1. The van der Waals surface area contributed by atoms with Crippen molar-refractivity contribution >= 4 is 57.7 Å². The maximum Gasteiger partial charge on any atom is 0.256 e. The van der Waals surface area contributed by atoms with Gasteiger partial charge >= 0.3 is 0 Å². The van der Waals surface area contributed by atoms with E-state index in [-0.39, 0.29) is 5.91 Å². The Labute approximate surface area is 148 Å². The monoisotopic (exact) mass is 374 g/mol. The van der Waals surface area contributed by atoms with Crippen molar-refractivity contribution in [3.8, 4) is 0 Å². The van der Waals surface area contributed by atoms with E-state index in [1.54, 1.807) is 11.0 Å². The van der Waals surface area contributed by atoms with Crippen LogP contribution in [0.4, 0.5) is 5.69 Å². The quantitative estimate of drug-likeness (QED) is 0.761. The first-order valence-corrected chi connectivity index (χ1v) is 8.75. The lowest BCUT2D eigenvalue weighted by atomic mass is 10.2. The van der Waals surface area contributed by atoms with Crippen LogP contribution in [0.1, 0.15) is 10.4 Å². The maximum absolute atomic E-state index is 12.5. The van der Waals surface area contributed by atoms with Crippen LogP contribution < -0.4 is 4.90 Å². The number of hydrogen-bond acceptors (Lipinski definition) is 3. The molecule has 1 aliphatic rings. The molecular weight excluding hydrogens is 363 g/mol. The molecule has 0 N–H and O–H groups in total. The fourth-order valence-electron chi connectivity index (χ4n) is 2.52. The first-order chi connectivity index (χ1) is 10.6. The van der Waals surface area contributed by atoms with Gasteiger partial charge in [-0.3, -0.25) is 4.79 Å². The minimum Gasteiger partial charge on any atom is -0.367 e. The van der Waals surface area contributed by atoms with E-state index in [2.05, 4.69) is 4.90 Å². The lowest BCUT2D eigenvalue weighted by Crippen LogP contribution is -2.48. The summed E-state index contributed by atoms with van der Waals surface area (Å²) in [5.41, 5.74) is 1.50. The van der Waals surface area contributed by atoms with Gasteiger partial charge in [0.05, 0.1) is 20.6 Å². The number of hydrogen-bond donors (Lipinski definition) is 0. The summed E-state index contributed by atoms with van der Waals surface area (Å²) in [4.78, 5) is 16.5. The van der Waals surface area contributed by atoms with E-state index in [9.17, 15) is 4.79 Å². The minimum atomic E-state index is -0.0630. The van der Waals surface area contributed by atoms with E-state index in [0.717, 1.165) is 23.8 Å². The molecule has 0 radical (unpaired) electrons. The Morgan fingerprint density at radius 3 is 2.32 bits per heavy atom. The number of anilines is 1. The van der Waals surface area contributed by atoms with Crippen LogP contribution in [0.3, 0.4) is 0 Å². The topological polar surface area (TPSA) is 23.6 Å². The molecule has 2 aromatic rings. The molecule has 1 aliphatic heterocycles. The van der Waals surface area contributed by atoms with Gasteiger partial charge in [0.25, 0.3) is 5.91 Å². The molecule has 1 aromatic heterocycles. The third-order valence-corrected chi connectivity index (χ3v) is 5.45. The van der Waals surface area contributed by atoms with E-state index >= 15 is 0 Å². The molecule has 3 rings (SSSR count). The van der Waals surface area contributed by atoms with Gasteiger partial charge in [0.2, 0.25) is 0 Å². The largest absolute Gasteiger partial charge is 0.367 e. The molecule has 116 valence electrons. The number of halogens is 3. The number of para-hydroxylation sites is 1. The predicted molar refractivity (Wildman–Crippen MR) is 93.9 cm³/mol. The van der Waals surface area contributed by atoms with Gasteiger partial charge in [-0.1, -0.05) is 46.9 Å². The molecule has 0 atom stereocenters. The van der Waals surface area contributed by atoms with Crippen molar-refractivity contribution in [3.63, 3.8) is 0 Å². The smallest absolute Gasteiger partial charge is 0.256 e. The molecule has 2 heterocycles. The van der Waals surface area contributed by atoms with E-state index in [4.69, 9.17) is 34.8 Å². The van der Waals surface area contributed by atoms with Gasteiger partial charge in [-0.2, -0.15) is 0 Å². The van der Waals surface area contributed by atoms with Crippen LogP contribution in [-0.2, 0) is 0 Å². The van der Waals surface area contributed by atoms with E-state index < -0.39 is 0 Å². The van der Waals surface area contributed by atoms with Crippen LogP contribution in [0, 0.1) is 0 Å². The third-order valence-electron chi connectivity index (χ3n) is 3.65. The summed E-state index contributed by atoms with van der Waals surface area (Å²) in [6.07, 6.45) is 0. The molecule has 22 heavy (non-hydrogen) atoms. The summed E-state index contributed by atoms with van der Waals surface area (Å²) in [5.74, 6) is -0.0630. The molecule has 0 bridgehead atoms. The Kier molecular flexibility index (Phi) is 4.83. The molecule has 3 nitrogen and oxygen atoms in total. The summed E-state index contributed by atoms with van der Waals surface area (Å²) >= 11 is 19.4. The second kappa shape index (κ2) is 6.67. The van der Waals surface area contributed by atoms with Crippen molar-refractivity contribution in [3.05, 3.63) is 49.6 Å². The van der Waals surface area contributed by atoms with Crippen molar-refractivity contribution < 1.29 is 4.79 Å². The summed E-state index contributed by atoms with van der Waals surface area (Å²) < 4.78 is 0.978. The Morgan fingerprint density at radius 1 is 1.05 bits per heavy atom. The molecule has 0 unspecified atom stereocenters. The van der Waals surface area contributed by atoms with Crippen LogP contribution >= 0.6 is 46.1 Å². The Morgan fingerprint density at radius 2 is 1.73 bits per heavy atom. The van der Waals surface area contributed by atoms with Crippen LogP contribution in [0.5, 0.6) is 0 Å². The molecule has 0 saturated carbocycles. The average molecular weight is 376 g/mol. The highest BCUT2D eigenvalue weighted by atomic mass is 35.5. The molecule has 1 amide bonds. The number of rotatable bonds is 2. The first kappa shape index (κ1) is 15.9. The van der Waals surface area contributed by atoms with Gasteiger partial charge in [0.1, 0.15) is 4.34 Å². The number of nitrogens with zero attached hydrogens (tertiary/aromatic N) is 2. The zero-order valence-corrected chi connectivity index (χ0v) is 14.6. The average Bonchev–Trinajstić information content (AvgIpc) is 2.86. The standard InChI is InChI=1S/C15H13Cl3N2OS/c16-11-3-1-2-4-12(11)19-5-7-20(8-6-19)15(21)10-9-13(17)22-14(10)18/h1-4,9H,5-8H2. The molecule has 0 aliphatic carbocycles. The second-order valence-corrected chi connectivity index (χ2v) is 7.66. The third kappa shape index (κ3) is 3.20. The number of thiophene rings is 1. The van der Waals surface area contributed by atoms with Gasteiger partial charge in [-0.15, -0.1) is 11.3 Å². The Hall–Kier alpha value is -0.940. The highest BCUT2D eigenvalue weighted by Crippen LogP contribution is 2.32. The molecule has 1 fully saturated rings. The number of piperazine rings is 1. The minimum absolute atomic E-state index is 0.0630. The maximum atomic E-state index is 12.5. The van der Waals surface area contributed by atoms with Gasteiger partial charge in [-0.25, -0.2) is 0 Å². The predicted octanol–water partition coefficient (Wildman–Crippen LogP) is 4.67. The summed E-state index contributed by atoms with van der Waals surface area (Å²) in [7, 11) is 0. The fraction of sp³-hybridized carbons (Fsp3) is 0.267. The highest BCUT2D eigenvalue weighted by molar-refractivity contribution is 7.20. The fourth-order valence-corrected chi connectivity index (χ4v) is 4.22. The summed E-state index contributed by atoms with van der Waals surface area (Å²) in [6.45, 7) is 2.75. The van der Waals surface area contributed by atoms with Gasteiger partial charge in [-0.05, 0) is 18.2 Å². The highest BCUT2D eigenvalue weighted by Gasteiger charge is 2.25. The van der Waals surface area contributed by atoms with E-state index in [1.807, 2.05) is 24.3 Å². The number of benzene rings is 1. The van der Waals surface area contributed by atoms with Crippen molar-refractivity contribution in [2.24, 2.45) is 0 Å². The zero-order valence-electron chi connectivity index (χ0n) is 11.6. The van der Waals surface area contributed by atoms with E-state index in [1.165, 1.54) is 11.3 Å². The van der Waals surface area contributed by atoms with E-state index in [0.29, 0.717) is 27.3 Å². The Balaban J connectivity index is 1.68. The molecule has 1 saturated heterocycles. The van der Waals surface area contributed by atoms with Crippen molar-refractivity contribution in [1.29, 1.82) is 0 Å². The van der Waals surface area contributed by atoms with Gasteiger partial charge in [0, 0.05) is 26.2 Å². The zero-order chi connectivity index (χ0) is 15.7. The SMILES string of the molecule is O=C(c1cc(Cl)sc1Cl)N1CCN(c2ccccc2Cl)CC1. The van der Waals surface area contributed by atoms with Crippen LogP contribution in [0.2, 0.25) is 13.7 Å². The summed E-state index contributed by atoms with van der Waals surface area (Å²) in [5, 5.41) is 0.731. The lowest BCUT2D eigenvalue weighted by molar-refractivity contribution is 0.0747. The van der Waals surface area contributed by atoms with Crippen molar-refractivity contribution in [2.75, 3.05) is 31.1 Å². The lowest BCUT2D eigenvalue weighted by Gasteiger charge is -2.36.